The summed E-state index contributed by atoms with van der Waals surface area (Å²) in [6, 6.07) is 7.86. The van der Waals surface area contributed by atoms with Gasteiger partial charge in [0.2, 0.25) is 0 Å². The zero-order valence-electron chi connectivity index (χ0n) is 9.77. The van der Waals surface area contributed by atoms with Gasteiger partial charge in [-0.25, -0.2) is 4.79 Å². The number of amides is 1. The first-order valence-electron chi connectivity index (χ1n) is 5.10. The summed E-state index contributed by atoms with van der Waals surface area (Å²) in [5.74, 6) is 0. The average molecular weight is 223 g/mol. The van der Waals surface area contributed by atoms with E-state index in [2.05, 4.69) is 0 Å². The third-order valence-electron chi connectivity index (χ3n) is 2.35. The molecule has 2 N–H and O–H groups in total. The Morgan fingerprint density at radius 3 is 2.62 bits per heavy atom. The Morgan fingerprint density at radius 1 is 1.44 bits per heavy atom. The van der Waals surface area contributed by atoms with Gasteiger partial charge in [0.25, 0.3) is 0 Å². The number of carbonyl (C=O) groups is 1. The zero-order chi connectivity index (χ0) is 12.1. The van der Waals surface area contributed by atoms with E-state index in [1.54, 1.807) is 14.0 Å². The van der Waals surface area contributed by atoms with Gasteiger partial charge in [-0.05, 0) is 19.4 Å². The minimum Gasteiger partial charge on any atom is -0.444 e. The second-order valence-electron chi connectivity index (χ2n) is 3.71. The topological polar surface area (TPSA) is 61.6 Å². The fourth-order valence-corrected chi connectivity index (χ4v) is 1.69. The van der Waals surface area contributed by atoms with Crippen molar-refractivity contribution < 1.29 is 14.3 Å². The van der Waals surface area contributed by atoms with Crippen molar-refractivity contribution in [2.24, 2.45) is 5.73 Å². The van der Waals surface area contributed by atoms with E-state index in [1.807, 2.05) is 31.2 Å². The van der Waals surface area contributed by atoms with Crippen molar-refractivity contribution in [1.29, 1.82) is 0 Å². The maximum absolute atomic E-state index is 10.7. The largest absolute Gasteiger partial charge is 0.444 e. The van der Waals surface area contributed by atoms with Gasteiger partial charge in [-0.1, -0.05) is 29.8 Å². The fraction of sp³-hybridized carbons (Fsp3) is 0.417. The quantitative estimate of drug-likeness (QED) is 0.850. The molecule has 2 atom stereocenters. The van der Waals surface area contributed by atoms with Gasteiger partial charge in [-0.3, -0.25) is 0 Å². The molecule has 4 nitrogen and oxygen atoms in total. The lowest BCUT2D eigenvalue weighted by molar-refractivity contribution is -0.0121. The molecule has 4 heteroatoms. The molecule has 88 valence electrons. The number of rotatable bonds is 4. The Bertz CT molecular complexity index is 365. The van der Waals surface area contributed by atoms with E-state index in [1.165, 1.54) is 0 Å². The van der Waals surface area contributed by atoms with E-state index in [9.17, 15) is 4.79 Å². The van der Waals surface area contributed by atoms with Gasteiger partial charge in [0.05, 0.1) is 0 Å². The molecule has 2 unspecified atom stereocenters. The molecule has 1 amide bonds. The highest BCUT2D eigenvalue weighted by molar-refractivity contribution is 5.64. The fourth-order valence-electron chi connectivity index (χ4n) is 1.69. The number of benzene rings is 1. The summed E-state index contributed by atoms with van der Waals surface area (Å²) in [5.41, 5.74) is 7.08. The van der Waals surface area contributed by atoms with Crippen LogP contribution in [0.1, 0.15) is 24.2 Å². The van der Waals surface area contributed by atoms with Crippen molar-refractivity contribution in [3.63, 3.8) is 0 Å². The van der Waals surface area contributed by atoms with Crippen LogP contribution < -0.4 is 5.73 Å². The van der Waals surface area contributed by atoms with E-state index >= 15 is 0 Å². The first-order chi connectivity index (χ1) is 7.54. The van der Waals surface area contributed by atoms with Crippen molar-refractivity contribution >= 4 is 6.09 Å². The minimum atomic E-state index is -0.790. The average Bonchev–Trinajstić information content (AvgIpc) is 2.17. The molecule has 1 aromatic carbocycles. The second-order valence-corrected chi connectivity index (χ2v) is 3.71. The first-order valence-corrected chi connectivity index (χ1v) is 5.10. The number of carbonyl (C=O) groups excluding carboxylic acids is 1. The van der Waals surface area contributed by atoms with Gasteiger partial charge in [-0.2, -0.15) is 0 Å². The van der Waals surface area contributed by atoms with E-state index in [0.717, 1.165) is 11.1 Å². The molecule has 0 spiro atoms. The van der Waals surface area contributed by atoms with Gasteiger partial charge in [0.15, 0.2) is 0 Å². The van der Waals surface area contributed by atoms with Crippen molar-refractivity contribution in [3.8, 4) is 0 Å². The summed E-state index contributed by atoms with van der Waals surface area (Å²) in [7, 11) is 1.58. The molecule has 0 bridgehead atoms. The molecular formula is C12H17NO3. The molecule has 1 rings (SSSR count). The van der Waals surface area contributed by atoms with Crippen LogP contribution in [0.3, 0.4) is 0 Å². The maximum Gasteiger partial charge on any atom is 0.404 e. The Kier molecular flexibility index (Phi) is 4.31. The molecule has 0 aliphatic carbocycles. The van der Waals surface area contributed by atoms with Crippen LogP contribution >= 0.6 is 0 Å². The predicted octanol–water partition coefficient (Wildman–Crippen LogP) is 2.17. The van der Waals surface area contributed by atoms with Crippen molar-refractivity contribution in [2.75, 3.05) is 7.11 Å². The van der Waals surface area contributed by atoms with E-state index in [0.29, 0.717) is 0 Å². The summed E-state index contributed by atoms with van der Waals surface area (Å²) in [6.07, 6.45) is -1.50. The number of hydrogen-bond acceptors (Lipinski definition) is 3. The molecule has 0 fully saturated rings. The normalized spacial score (nSPS) is 14.2. The smallest absolute Gasteiger partial charge is 0.404 e. The van der Waals surface area contributed by atoms with Crippen molar-refractivity contribution in [2.45, 2.75) is 26.1 Å². The highest BCUT2D eigenvalue weighted by Gasteiger charge is 2.21. The van der Waals surface area contributed by atoms with Crippen LogP contribution in [0.5, 0.6) is 0 Å². The summed E-state index contributed by atoms with van der Waals surface area (Å²) in [6.45, 7) is 3.75. The van der Waals surface area contributed by atoms with Crippen molar-refractivity contribution in [3.05, 3.63) is 35.4 Å². The minimum absolute atomic E-state index is 0.299. The predicted molar refractivity (Wildman–Crippen MR) is 61.1 cm³/mol. The van der Waals surface area contributed by atoms with Crippen LogP contribution in [0.25, 0.3) is 0 Å². The monoisotopic (exact) mass is 223 g/mol. The number of nitrogens with two attached hydrogens (primary N) is 1. The molecular weight excluding hydrogens is 206 g/mol. The third-order valence-corrected chi connectivity index (χ3v) is 2.35. The number of hydrogen-bond donors (Lipinski definition) is 1. The van der Waals surface area contributed by atoms with E-state index in [-0.39, 0.29) is 6.10 Å². The highest BCUT2D eigenvalue weighted by Crippen LogP contribution is 2.23. The van der Waals surface area contributed by atoms with Gasteiger partial charge < -0.3 is 15.2 Å². The molecule has 1 aromatic rings. The SMILES string of the molecule is COC(c1cccc(C)c1)C(C)OC(N)=O. The number of ether oxygens (including phenoxy) is 2. The number of primary amides is 1. The van der Waals surface area contributed by atoms with Crippen LogP contribution in [0.15, 0.2) is 24.3 Å². The lowest BCUT2D eigenvalue weighted by Crippen LogP contribution is -2.27. The van der Waals surface area contributed by atoms with E-state index in [4.69, 9.17) is 15.2 Å². The van der Waals surface area contributed by atoms with Crippen molar-refractivity contribution in [1.82, 2.24) is 0 Å². The van der Waals surface area contributed by atoms with Crippen LogP contribution in [0, 0.1) is 6.92 Å². The Balaban J connectivity index is 2.85. The van der Waals surface area contributed by atoms with Gasteiger partial charge >= 0.3 is 6.09 Å². The zero-order valence-corrected chi connectivity index (χ0v) is 9.77. The molecule has 0 aliphatic rings. The van der Waals surface area contributed by atoms with Crippen LogP contribution in [-0.2, 0) is 9.47 Å². The van der Waals surface area contributed by atoms with Crippen LogP contribution in [-0.4, -0.2) is 19.3 Å². The lowest BCUT2D eigenvalue weighted by atomic mass is 10.0. The Labute approximate surface area is 95.3 Å². The van der Waals surface area contributed by atoms with Crippen LogP contribution in [0.2, 0.25) is 0 Å². The molecule has 0 heterocycles. The molecule has 0 aliphatic heterocycles. The van der Waals surface area contributed by atoms with Gasteiger partial charge in [0.1, 0.15) is 12.2 Å². The molecule has 0 saturated heterocycles. The number of aryl methyl sites for hydroxylation is 1. The van der Waals surface area contributed by atoms with Crippen LogP contribution in [0.4, 0.5) is 4.79 Å². The highest BCUT2D eigenvalue weighted by atomic mass is 16.6. The second kappa shape index (κ2) is 5.51. The lowest BCUT2D eigenvalue weighted by Gasteiger charge is -2.22. The summed E-state index contributed by atoms with van der Waals surface area (Å²) in [5, 5.41) is 0. The summed E-state index contributed by atoms with van der Waals surface area (Å²) < 4.78 is 10.2. The Morgan fingerprint density at radius 2 is 2.12 bits per heavy atom. The number of methoxy groups -OCH3 is 1. The molecule has 16 heavy (non-hydrogen) atoms. The molecule has 0 saturated carbocycles. The van der Waals surface area contributed by atoms with E-state index < -0.39 is 12.2 Å². The molecule has 0 aromatic heterocycles. The Hall–Kier alpha value is -1.55. The summed E-state index contributed by atoms with van der Waals surface area (Å²) in [4.78, 5) is 10.7. The molecule has 0 radical (unpaired) electrons. The standard InChI is InChI=1S/C12H17NO3/c1-8-5-4-6-10(7-8)11(15-3)9(2)16-12(13)14/h4-7,9,11H,1-3H3,(H2,13,14). The first kappa shape index (κ1) is 12.5. The van der Waals surface area contributed by atoms with Gasteiger partial charge in [-0.15, -0.1) is 0 Å². The van der Waals surface area contributed by atoms with Gasteiger partial charge in [0, 0.05) is 7.11 Å². The summed E-state index contributed by atoms with van der Waals surface area (Å²) >= 11 is 0. The third kappa shape index (κ3) is 3.24. The maximum atomic E-state index is 10.7.